The molecule has 0 aromatic rings. The maximum atomic E-state index is 9.60. The molecule has 0 fully saturated rings. The minimum Gasteiger partial charge on any atom is -0.393 e. The molecule has 0 heterocycles. The van der Waals surface area contributed by atoms with E-state index < -0.39 is 6.10 Å². The first kappa shape index (κ1) is 33.8. The second kappa shape index (κ2) is 25.9. The zero-order valence-corrected chi connectivity index (χ0v) is 23.8. The highest BCUT2D eigenvalue weighted by Gasteiger charge is 2.19. The molecule has 0 aromatic carbocycles. The number of quaternary nitrogens is 1. The Labute approximate surface area is 214 Å². The molecule has 0 aliphatic heterocycles. The van der Waals surface area contributed by atoms with Crippen molar-refractivity contribution in [2.24, 2.45) is 0 Å². The molecule has 0 aromatic heterocycles. The molecule has 0 bridgehead atoms. The highest BCUT2D eigenvalue weighted by molar-refractivity contribution is 4.54. The maximum absolute atomic E-state index is 9.60. The van der Waals surface area contributed by atoms with Crippen LogP contribution >= 0.6 is 0 Å². The third kappa shape index (κ3) is 26.4. The van der Waals surface area contributed by atoms with E-state index in [2.05, 4.69) is 26.3 Å². The van der Waals surface area contributed by atoms with Gasteiger partial charge in [-0.25, -0.2) is 0 Å². The predicted octanol–water partition coefficient (Wildman–Crippen LogP) is 7.22. The molecule has 206 valence electrons. The number of aliphatic hydroxyl groups is 2. The van der Waals surface area contributed by atoms with Crippen LogP contribution in [0.2, 0.25) is 0 Å². The molecule has 34 heavy (non-hydrogen) atoms. The van der Waals surface area contributed by atoms with Gasteiger partial charge < -0.3 is 20.0 Å². The predicted molar refractivity (Wildman–Crippen MR) is 150 cm³/mol. The van der Waals surface area contributed by atoms with E-state index in [1.165, 1.54) is 128 Å². The number of unbranched alkanes of at least 4 members (excludes halogenated alkanes) is 19. The van der Waals surface area contributed by atoms with E-state index in [-0.39, 0.29) is 6.61 Å². The number of nitrogens with zero attached hydrogens (tertiary/aromatic N) is 1. The van der Waals surface area contributed by atoms with Crippen LogP contribution in [0.5, 0.6) is 0 Å². The summed E-state index contributed by atoms with van der Waals surface area (Å²) < 4.78 is 0.767. The molecule has 1 atom stereocenters. The highest BCUT2D eigenvalue weighted by atomic mass is 16.3. The number of aliphatic hydroxyl groups excluding tert-OH is 2. The van der Waals surface area contributed by atoms with Gasteiger partial charge in [0, 0.05) is 13.0 Å². The molecular weight excluding hydrogens is 420 g/mol. The first-order valence-electron chi connectivity index (χ1n) is 15.3. The fourth-order valence-electron chi connectivity index (χ4n) is 4.98. The SMILES string of the molecule is CCCCCCCCCCCCCCCCCCCCCCNCCC[N+](C)(C)CC(O)CO. The Balaban J connectivity index is 3.15. The van der Waals surface area contributed by atoms with E-state index >= 15 is 0 Å². The van der Waals surface area contributed by atoms with Crippen molar-refractivity contribution in [3.05, 3.63) is 0 Å². The standard InChI is InChI=1S/C30H65N2O2/c1-4-5-6-7-8-9-10-11-12-13-14-15-16-17-18-19-20-21-22-23-25-31-26-24-27-32(2,3)28-30(34)29-33/h30-31,33-34H,4-29H2,1-3H3/q+1. The van der Waals surface area contributed by atoms with E-state index in [1.54, 1.807) is 0 Å². The van der Waals surface area contributed by atoms with E-state index in [1.807, 2.05) is 0 Å². The van der Waals surface area contributed by atoms with E-state index in [9.17, 15) is 5.11 Å². The molecule has 0 radical (unpaired) electrons. The number of nitrogens with one attached hydrogen (secondary N) is 1. The monoisotopic (exact) mass is 486 g/mol. The van der Waals surface area contributed by atoms with Gasteiger partial charge >= 0.3 is 0 Å². The van der Waals surface area contributed by atoms with Crippen LogP contribution in [0.15, 0.2) is 0 Å². The van der Waals surface area contributed by atoms with Gasteiger partial charge in [-0.1, -0.05) is 129 Å². The van der Waals surface area contributed by atoms with Crippen LogP contribution in [-0.4, -0.2) is 67.7 Å². The second-order valence-corrected chi connectivity index (χ2v) is 11.5. The van der Waals surface area contributed by atoms with Gasteiger partial charge in [-0.2, -0.15) is 0 Å². The fraction of sp³-hybridized carbons (Fsp3) is 1.00. The molecule has 0 saturated heterocycles. The van der Waals surface area contributed by atoms with Crippen LogP contribution in [0.3, 0.4) is 0 Å². The fourth-order valence-corrected chi connectivity index (χ4v) is 4.98. The Morgan fingerprint density at radius 3 is 1.29 bits per heavy atom. The lowest BCUT2D eigenvalue weighted by Crippen LogP contribution is -2.47. The topological polar surface area (TPSA) is 52.5 Å². The maximum Gasteiger partial charge on any atom is 0.126 e. The van der Waals surface area contributed by atoms with Gasteiger partial charge in [-0.3, -0.25) is 0 Å². The van der Waals surface area contributed by atoms with Gasteiger partial charge in [0.15, 0.2) is 0 Å². The minimum absolute atomic E-state index is 0.140. The lowest BCUT2D eigenvalue weighted by Gasteiger charge is -2.31. The molecule has 3 N–H and O–H groups in total. The summed E-state index contributed by atoms with van der Waals surface area (Å²) in [6.45, 7) is 5.99. The van der Waals surface area contributed by atoms with Crippen molar-refractivity contribution in [1.82, 2.24) is 5.32 Å². The first-order valence-corrected chi connectivity index (χ1v) is 15.3. The zero-order chi connectivity index (χ0) is 25.2. The smallest absolute Gasteiger partial charge is 0.126 e. The molecular formula is C30H65N2O2+. The third-order valence-electron chi connectivity index (χ3n) is 7.24. The van der Waals surface area contributed by atoms with Crippen molar-refractivity contribution in [3.63, 3.8) is 0 Å². The number of hydrogen-bond acceptors (Lipinski definition) is 3. The average Bonchev–Trinajstić information content (AvgIpc) is 2.81. The van der Waals surface area contributed by atoms with Crippen molar-refractivity contribution in [2.75, 3.05) is 46.9 Å². The van der Waals surface area contributed by atoms with Gasteiger partial charge in [-0.15, -0.1) is 0 Å². The Bertz CT molecular complexity index is 390. The normalized spacial score (nSPS) is 13.0. The summed E-state index contributed by atoms with van der Waals surface area (Å²) in [6, 6.07) is 0. The number of likely N-dealkylation sites (N-methyl/N-ethyl adjacent to an activating group) is 1. The van der Waals surface area contributed by atoms with Gasteiger partial charge in [0.2, 0.25) is 0 Å². The third-order valence-corrected chi connectivity index (χ3v) is 7.24. The van der Waals surface area contributed by atoms with E-state index in [0.29, 0.717) is 6.54 Å². The lowest BCUT2D eigenvalue weighted by atomic mass is 10.0. The summed E-state index contributed by atoms with van der Waals surface area (Å²) in [6.07, 6.45) is 29.2. The average molecular weight is 486 g/mol. The van der Waals surface area contributed by atoms with Crippen molar-refractivity contribution in [3.8, 4) is 0 Å². The molecule has 0 rings (SSSR count). The Kier molecular flexibility index (Phi) is 25.8. The quantitative estimate of drug-likeness (QED) is 0.0810. The van der Waals surface area contributed by atoms with Crippen molar-refractivity contribution < 1.29 is 14.7 Å². The number of hydrogen-bond donors (Lipinski definition) is 3. The van der Waals surface area contributed by atoms with Crippen molar-refractivity contribution in [2.45, 2.75) is 148 Å². The molecule has 0 aliphatic rings. The Morgan fingerprint density at radius 1 is 0.559 bits per heavy atom. The van der Waals surface area contributed by atoms with Gasteiger partial charge in [0.05, 0.1) is 27.2 Å². The van der Waals surface area contributed by atoms with Gasteiger partial charge in [0.1, 0.15) is 12.6 Å². The van der Waals surface area contributed by atoms with Crippen LogP contribution in [0.25, 0.3) is 0 Å². The van der Waals surface area contributed by atoms with E-state index in [0.717, 1.165) is 30.5 Å². The number of rotatable bonds is 28. The summed E-state index contributed by atoms with van der Waals surface area (Å²) in [5, 5.41) is 22.1. The molecule has 0 saturated carbocycles. The molecule has 4 heteroatoms. The molecule has 0 aliphatic carbocycles. The van der Waals surface area contributed by atoms with Crippen LogP contribution in [0, 0.1) is 0 Å². The summed E-state index contributed by atoms with van der Waals surface area (Å²) >= 11 is 0. The van der Waals surface area contributed by atoms with Gasteiger partial charge in [-0.05, 0) is 13.0 Å². The molecule has 4 nitrogen and oxygen atoms in total. The molecule has 0 amide bonds. The summed E-state index contributed by atoms with van der Waals surface area (Å²) in [4.78, 5) is 0. The molecule has 0 spiro atoms. The lowest BCUT2D eigenvalue weighted by molar-refractivity contribution is -0.893. The van der Waals surface area contributed by atoms with Crippen molar-refractivity contribution >= 4 is 0 Å². The van der Waals surface area contributed by atoms with Crippen LogP contribution in [0.1, 0.15) is 142 Å². The summed E-state index contributed by atoms with van der Waals surface area (Å²) in [7, 11) is 4.25. The van der Waals surface area contributed by atoms with Crippen molar-refractivity contribution in [1.29, 1.82) is 0 Å². The van der Waals surface area contributed by atoms with E-state index in [4.69, 9.17) is 5.11 Å². The van der Waals surface area contributed by atoms with Crippen LogP contribution < -0.4 is 5.32 Å². The summed E-state index contributed by atoms with van der Waals surface area (Å²) in [5.74, 6) is 0. The minimum atomic E-state index is -0.600. The van der Waals surface area contributed by atoms with Crippen LogP contribution in [0.4, 0.5) is 0 Å². The first-order chi connectivity index (χ1) is 16.5. The highest BCUT2D eigenvalue weighted by Crippen LogP contribution is 2.14. The Hall–Kier alpha value is -0.160. The molecule has 1 unspecified atom stereocenters. The van der Waals surface area contributed by atoms with Crippen LogP contribution in [-0.2, 0) is 0 Å². The van der Waals surface area contributed by atoms with Gasteiger partial charge in [0.25, 0.3) is 0 Å². The zero-order valence-electron chi connectivity index (χ0n) is 23.8. The Morgan fingerprint density at radius 2 is 0.912 bits per heavy atom. The summed E-state index contributed by atoms with van der Waals surface area (Å²) in [5.41, 5.74) is 0. The largest absolute Gasteiger partial charge is 0.393 e. The second-order valence-electron chi connectivity index (χ2n) is 11.5.